The van der Waals surface area contributed by atoms with E-state index in [4.69, 9.17) is 17.3 Å². The minimum Gasteiger partial charge on any atom is -0.327 e. The Bertz CT molecular complexity index is 393. The van der Waals surface area contributed by atoms with E-state index in [-0.39, 0.29) is 17.9 Å². The van der Waals surface area contributed by atoms with Gasteiger partial charge in [0.05, 0.1) is 5.92 Å². The number of halogens is 1. The molecule has 1 aromatic carbocycles. The van der Waals surface area contributed by atoms with Gasteiger partial charge in [-0.3, -0.25) is 4.79 Å². The zero-order valence-corrected chi connectivity index (χ0v) is 10.2. The number of hydrogen-bond donors (Lipinski definition) is 3. The maximum Gasteiger partial charge on any atom is 0.228 e. The van der Waals surface area contributed by atoms with Crippen LogP contribution in [0.15, 0.2) is 24.3 Å². The molecule has 2 atom stereocenters. The maximum absolute atomic E-state index is 12.0. The van der Waals surface area contributed by atoms with E-state index < -0.39 is 0 Å². The maximum atomic E-state index is 12.0. The standard InChI is InChI=1S/C12H16ClN3O/c13-9-1-3-11(4-2-9)16-12(17)8-5-10(14)7-15-6-8/h1-4,8,10,15H,5-7,14H2,(H,16,17). The lowest BCUT2D eigenvalue weighted by Gasteiger charge is -2.26. The Hall–Kier alpha value is -1.10. The number of piperidine rings is 1. The van der Waals surface area contributed by atoms with E-state index in [0.29, 0.717) is 11.6 Å². The molecule has 1 amide bonds. The van der Waals surface area contributed by atoms with Crippen LogP contribution < -0.4 is 16.4 Å². The Morgan fingerprint density at radius 3 is 2.71 bits per heavy atom. The fourth-order valence-electron chi connectivity index (χ4n) is 1.95. The summed E-state index contributed by atoms with van der Waals surface area (Å²) >= 11 is 5.78. The molecule has 1 saturated heterocycles. The predicted molar refractivity (Wildman–Crippen MR) is 69.0 cm³/mol. The molecule has 1 aliphatic rings. The molecular weight excluding hydrogens is 238 g/mol. The molecule has 4 nitrogen and oxygen atoms in total. The number of benzene rings is 1. The van der Waals surface area contributed by atoms with Crippen molar-refractivity contribution in [3.8, 4) is 0 Å². The average molecular weight is 254 g/mol. The number of carbonyl (C=O) groups excluding carboxylic acids is 1. The zero-order chi connectivity index (χ0) is 12.3. The van der Waals surface area contributed by atoms with Gasteiger partial charge in [-0.1, -0.05) is 11.6 Å². The molecule has 1 heterocycles. The zero-order valence-electron chi connectivity index (χ0n) is 9.45. The SMILES string of the molecule is NC1CNCC(C(=O)Nc2ccc(Cl)cc2)C1. The van der Waals surface area contributed by atoms with Crippen LogP contribution in [0.1, 0.15) is 6.42 Å². The molecule has 1 fully saturated rings. The van der Waals surface area contributed by atoms with Crippen molar-refractivity contribution in [1.29, 1.82) is 0 Å². The third-order valence-corrected chi connectivity index (χ3v) is 3.12. The summed E-state index contributed by atoms with van der Waals surface area (Å²) in [6, 6.07) is 7.14. The fraction of sp³-hybridized carbons (Fsp3) is 0.417. The van der Waals surface area contributed by atoms with Gasteiger partial charge in [0, 0.05) is 29.8 Å². The van der Waals surface area contributed by atoms with Gasteiger partial charge < -0.3 is 16.4 Å². The lowest BCUT2D eigenvalue weighted by atomic mass is 9.95. The second-order valence-corrected chi connectivity index (χ2v) is 4.78. The molecule has 0 aliphatic carbocycles. The second kappa shape index (κ2) is 5.49. The van der Waals surface area contributed by atoms with Crippen molar-refractivity contribution in [3.05, 3.63) is 29.3 Å². The van der Waals surface area contributed by atoms with E-state index in [1.54, 1.807) is 24.3 Å². The average Bonchev–Trinajstić information content (AvgIpc) is 2.32. The van der Waals surface area contributed by atoms with Gasteiger partial charge in [0.1, 0.15) is 0 Å². The Kier molecular flexibility index (Phi) is 3.99. The summed E-state index contributed by atoms with van der Waals surface area (Å²) in [5.41, 5.74) is 6.58. The highest BCUT2D eigenvalue weighted by Crippen LogP contribution is 2.16. The van der Waals surface area contributed by atoms with Crippen LogP contribution in [0.4, 0.5) is 5.69 Å². The molecule has 0 saturated carbocycles. The largest absolute Gasteiger partial charge is 0.327 e. The van der Waals surface area contributed by atoms with Crippen LogP contribution >= 0.6 is 11.6 Å². The topological polar surface area (TPSA) is 67.1 Å². The molecule has 92 valence electrons. The number of rotatable bonds is 2. The summed E-state index contributed by atoms with van der Waals surface area (Å²) < 4.78 is 0. The lowest BCUT2D eigenvalue weighted by molar-refractivity contribution is -0.120. The Labute approximate surface area is 106 Å². The van der Waals surface area contributed by atoms with Gasteiger partial charge in [-0.05, 0) is 30.7 Å². The minimum atomic E-state index is -0.0607. The van der Waals surface area contributed by atoms with Crippen molar-refractivity contribution < 1.29 is 4.79 Å². The molecular formula is C12H16ClN3O. The van der Waals surface area contributed by atoms with Gasteiger partial charge in [0.2, 0.25) is 5.91 Å². The minimum absolute atomic E-state index is 0.00923. The molecule has 5 heteroatoms. The van der Waals surface area contributed by atoms with E-state index in [1.807, 2.05) is 0 Å². The highest BCUT2D eigenvalue weighted by atomic mass is 35.5. The van der Waals surface area contributed by atoms with Crippen molar-refractivity contribution in [3.63, 3.8) is 0 Å². The molecule has 4 N–H and O–H groups in total. The van der Waals surface area contributed by atoms with E-state index in [9.17, 15) is 4.79 Å². The van der Waals surface area contributed by atoms with Crippen LogP contribution in [0.2, 0.25) is 5.02 Å². The second-order valence-electron chi connectivity index (χ2n) is 4.35. The van der Waals surface area contributed by atoms with Crippen LogP contribution in [0.5, 0.6) is 0 Å². The van der Waals surface area contributed by atoms with E-state index in [0.717, 1.165) is 18.7 Å². The number of anilines is 1. The molecule has 1 aliphatic heterocycles. The van der Waals surface area contributed by atoms with Crippen LogP contribution in [-0.2, 0) is 4.79 Å². The van der Waals surface area contributed by atoms with Gasteiger partial charge in [0.25, 0.3) is 0 Å². The third kappa shape index (κ3) is 3.43. The number of carbonyl (C=O) groups is 1. The summed E-state index contributed by atoms with van der Waals surface area (Å²) in [5, 5.41) is 6.68. The molecule has 0 radical (unpaired) electrons. The van der Waals surface area contributed by atoms with Crippen LogP contribution in [0.3, 0.4) is 0 Å². The van der Waals surface area contributed by atoms with Crippen molar-refractivity contribution in [2.24, 2.45) is 11.7 Å². The summed E-state index contributed by atoms with van der Waals surface area (Å²) in [6.45, 7) is 1.47. The highest BCUT2D eigenvalue weighted by molar-refractivity contribution is 6.30. The smallest absolute Gasteiger partial charge is 0.228 e. The number of hydrogen-bond acceptors (Lipinski definition) is 3. The monoisotopic (exact) mass is 253 g/mol. The third-order valence-electron chi connectivity index (χ3n) is 2.87. The Balaban J connectivity index is 1.94. The van der Waals surface area contributed by atoms with Gasteiger partial charge in [-0.2, -0.15) is 0 Å². The number of amides is 1. The van der Waals surface area contributed by atoms with Crippen molar-refractivity contribution >= 4 is 23.2 Å². The molecule has 2 unspecified atom stereocenters. The van der Waals surface area contributed by atoms with Gasteiger partial charge in [-0.15, -0.1) is 0 Å². The first kappa shape index (κ1) is 12.4. The first-order chi connectivity index (χ1) is 8.15. The van der Waals surface area contributed by atoms with Gasteiger partial charge in [0.15, 0.2) is 0 Å². The molecule has 0 bridgehead atoms. The van der Waals surface area contributed by atoms with E-state index in [1.165, 1.54) is 0 Å². The molecule has 1 aromatic rings. The molecule has 17 heavy (non-hydrogen) atoms. The van der Waals surface area contributed by atoms with Crippen LogP contribution in [-0.4, -0.2) is 25.0 Å². The molecule has 0 spiro atoms. The van der Waals surface area contributed by atoms with Crippen LogP contribution in [0, 0.1) is 5.92 Å². The van der Waals surface area contributed by atoms with Gasteiger partial charge >= 0.3 is 0 Å². The Morgan fingerprint density at radius 1 is 1.35 bits per heavy atom. The van der Waals surface area contributed by atoms with Crippen LogP contribution in [0.25, 0.3) is 0 Å². The lowest BCUT2D eigenvalue weighted by Crippen LogP contribution is -2.47. The summed E-state index contributed by atoms with van der Waals surface area (Å²) in [6.07, 6.45) is 0.729. The van der Waals surface area contributed by atoms with Crippen molar-refractivity contribution in [1.82, 2.24) is 5.32 Å². The number of nitrogens with one attached hydrogen (secondary N) is 2. The molecule has 0 aromatic heterocycles. The fourth-order valence-corrected chi connectivity index (χ4v) is 2.08. The predicted octanol–water partition coefficient (Wildman–Crippen LogP) is 1.22. The van der Waals surface area contributed by atoms with Crippen molar-refractivity contribution in [2.45, 2.75) is 12.5 Å². The first-order valence-electron chi connectivity index (χ1n) is 5.68. The van der Waals surface area contributed by atoms with Gasteiger partial charge in [-0.25, -0.2) is 0 Å². The van der Waals surface area contributed by atoms with Crippen molar-refractivity contribution in [2.75, 3.05) is 18.4 Å². The summed E-state index contributed by atoms with van der Waals surface area (Å²) in [4.78, 5) is 12.0. The first-order valence-corrected chi connectivity index (χ1v) is 6.05. The summed E-state index contributed by atoms with van der Waals surface area (Å²) in [5.74, 6) is -0.0515. The normalized spacial score (nSPS) is 24.4. The highest BCUT2D eigenvalue weighted by Gasteiger charge is 2.24. The number of nitrogens with two attached hydrogens (primary N) is 1. The summed E-state index contributed by atoms with van der Waals surface area (Å²) in [7, 11) is 0. The Morgan fingerprint density at radius 2 is 2.06 bits per heavy atom. The van der Waals surface area contributed by atoms with E-state index >= 15 is 0 Å². The van der Waals surface area contributed by atoms with E-state index in [2.05, 4.69) is 10.6 Å². The quantitative estimate of drug-likeness (QED) is 0.742. The molecule has 2 rings (SSSR count).